The highest BCUT2D eigenvalue weighted by atomic mass is 16.3. The maximum atomic E-state index is 10.8. The van der Waals surface area contributed by atoms with Crippen LogP contribution in [0.3, 0.4) is 0 Å². The van der Waals surface area contributed by atoms with Crippen LogP contribution in [-0.4, -0.2) is 5.11 Å². The average Bonchev–Trinajstić information content (AvgIpc) is 2.69. The molecule has 0 radical (unpaired) electrons. The van der Waals surface area contributed by atoms with Crippen molar-refractivity contribution in [2.45, 2.75) is 136 Å². The monoisotopic (exact) mass is 388 g/mol. The first-order valence-electron chi connectivity index (χ1n) is 12.5. The standard InChI is InChI=1S/C27H48O/c1-5-8-10-12-13-14-15-17-20-26-25(22-21-23(4)27(26)28)24(18-7-3)19-16-11-9-6-2/h21-22,24,28H,5-20H2,1-4H3. The number of phenolic OH excluding ortho intramolecular Hbond substituents is 1. The smallest absolute Gasteiger partial charge is 0.121 e. The molecule has 1 atom stereocenters. The molecule has 0 saturated heterocycles. The first kappa shape index (κ1) is 25.1. The van der Waals surface area contributed by atoms with Crippen LogP contribution in [0.1, 0.15) is 140 Å². The molecule has 0 heterocycles. The van der Waals surface area contributed by atoms with Crippen LogP contribution >= 0.6 is 0 Å². The van der Waals surface area contributed by atoms with Gasteiger partial charge in [-0.05, 0) is 55.2 Å². The van der Waals surface area contributed by atoms with Crippen molar-refractivity contribution in [1.29, 1.82) is 0 Å². The number of aromatic hydroxyl groups is 1. The van der Waals surface area contributed by atoms with Gasteiger partial charge in [0.1, 0.15) is 5.75 Å². The second-order valence-electron chi connectivity index (χ2n) is 8.86. The summed E-state index contributed by atoms with van der Waals surface area (Å²) in [5, 5.41) is 10.8. The molecular formula is C27H48O. The van der Waals surface area contributed by atoms with E-state index in [-0.39, 0.29) is 0 Å². The third-order valence-corrected chi connectivity index (χ3v) is 6.28. The van der Waals surface area contributed by atoms with Crippen LogP contribution < -0.4 is 0 Å². The van der Waals surface area contributed by atoms with E-state index in [0.717, 1.165) is 12.0 Å². The predicted molar refractivity (Wildman–Crippen MR) is 126 cm³/mol. The number of unbranched alkanes of at least 4 members (excludes halogenated alkanes) is 10. The Bertz CT molecular complexity index is 505. The molecule has 0 fully saturated rings. The molecule has 1 rings (SSSR count). The van der Waals surface area contributed by atoms with Crippen molar-refractivity contribution in [1.82, 2.24) is 0 Å². The molecule has 0 aliphatic rings. The van der Waals surface area contributed by atoms with E-state index < -0.39 is 0 Å². The summed E-state index contributed by atoms with van der Waals surface area (Å²) in [7, 11) is 0. The molecular weight excluding hydrogens is 340 g/mol. The molecule has 1 N–H and O–H groups in total. The number of rotatable bonds is 17. The molecule has 0 bridgehead atoms. The van der Waals surface area contributed by atoms with Crippen LogP contribution in [0.4, 0.5) is 0 Å². The highest BCUT2D eigenvalue weighted by molar-refractivity contribution is 5.46. The topological polar surface area (TPSA) is 20.2 Å². The van der Waals surface area contributed by atoms with Crippen molar-refractivity contribution in [3.63, 3.8) is 0 Å². The molecule has 0 saturated carbocycles. The van der Waals surface area contributed by atoms with E-state index in [1.54, 1.807) is 0 Å². The van der Waals surface area contributed by atoms with E-state index in [4.69, 9.17) is 0 Å². The minimum absolute atomic E-state index is 0.579. The normalized spacial score (nSPS) is 12.4. The van der Waals surface area contributed by atoms with Gasteiger partial charge in [-0.3, -0.25) is 0 Å². The summed E-state index contributed by atoms with van der Waals surface area (Å²) < 4.78 is 0. The average molecular weight is 389 g/mol. The second kappa shape index (κ2) is 15.9. The zero-order valence-electron chi connectivity index (χ0n) is 19.5. The predicted octanol–water partition coefficient (Wildman–Crippen LogP) is 9.24. The maximum absolute atomic E-state index is 10.8. The van der Waals surface area contributed by atoms with Gasteiger partial charge in [0.15, 0.2) is 0 Å². The quantitative estimate of drug-likeness (QED) is 0.264. The molecule has 28 heavy (non-hydrogen) atoms. The van der Waals surface area contributed by atoms with Crippen molar-refractivity contribution in [2.75, 3.05) is 0 Å². The van der Waals surface area contributed by atoms with Crippen LogP contribution in [0, 0.1) is 6.92 Å². The Labute approximate surface area is 176 Å². The third kappa shape index (κ3) is 9.48. The number of aryl methyl sites for hydroxylation is 1. The van der Waals surface area contributed by atoms with E-state index >= 15 is 0 Å². The summed E-state index contributed by atoms with van der Waals surface area (Å²) >= 11 is 0. The molecule has 0 aliphatic heterocycles. The van der Waals surface area contributed by atoms with Crippen LogP contribution in [0.5, 0.6) is 5.75 Å². The fraction of sp³-hybridized carbons (Fsp3) is 0.778. The van der Waals surface area contributed by atoms with Gasteiger partial charge < -0.3 is 5.11 Å². The fourth-order valence-electron chi connectivity index (χ4n) is 4.47. The Morgan fingerprint density at radius 1 is 0.679 bits per heavy atom. The highest BCUT2D eigenvalue weighted by Gasteiger charge is 2.18. The van der Waals surface area contributed by atoms with Gasteiger partial charge in [-0.25, -0.2) is 0 Å². The minimum atomic E-state index is 0.579. The van der Waals surface area contributed by atoms with Gasteiger partial charge in [0.25, 0.3) is 0 Å². The lowest BCUT2D eigenvalue weighted by molar-refractivity contribution is 0.454. The Hall–Kier alpha value is -0.980. The molecule has 0 amide bonds. The molecule has 1 nitrogen and oxygen atoms in total. The SMILES string of the molecule is CCCCCCCCCCc1c(C(CCC)CCCCCC)ccc(C)c1O. The summed E-state index contributed by atoms with van der Waals surface area (Å²) in [6, 6.07) is 4.46. The Morgan fingerprint density at radius 2 is 1.25 bits per heavy atom. The number of hydrogen-bond acceptors (Lipinski definition) is 1. The zero-order valence-corrected chi connectivity index (χ0v) is 19.5. The molecule has 0 spiro atoms. The highest BCUT2D eigenvalue weighted by Crippen LogP contribution is 2.36. The van der Waals surface area contributed by atoms with E-state index in [2.05, 4.69) is 32.9 Å². The summed E-state index contributed by atoms with van der Waals surface area (Å²) in [6.45, 7) is 8.91. The third-order valence-electron chi connectivity index (χ3n) is 6.28. The van der Waals surface area contributed by atoms with E-state index in [0.29, 0.717) is 11.7 Å². The fourth-order valence-corrected chi connectivity index (χ4v) is 4.47. The van der Waals surface area contributed by atoms with Crippen LogP contribution in [0.2, 0.25) is 0 Å². The maximum Gasteiger partial charge on any atom is 0.121 e. The molecule has 0 aliphatic carbocycles. The zero-order chi connectivity index (χ0) is 20.6. The Balaban J connectivity index is 2.65. The van der Waals surface area contributed by atoms with Gasteiger partial charge >= 0.3 is 0 Å². The number of hydrogen-bond donors (Lipinski definition) is 1. The molecule has 162 valence electrons. The van der Waals surface area contributed by atoms with Gasteiger partial charge in [-0.1, -0.05) is 110 Å². The van der Waals surface area contributed by atoms with Gasteiger partial charge in [0, 0.05) is 0 Å². The molecule has 0 aromatic heterocycles. The van der Waals surface area contributed by atoms with Crippen LogP contribution in [0.15, 0.2) is 12.1 Å². The Morgan fingerprint density at radius 3 is 1.86 bits per heavy atom. The second-order valence-corrected chi connectivity index (χ2v) is 8.86. The lowest BCUT2D eigenvalue weighted by Gasteiger charge is -2.22. The lowest BCUT2D eigenvalue weighted by Crippen LogP contribution is -2.05. The Kier molecular flexibility index (Phi) is 14.2. The first-order chi connectivity index (χ1) is 13.7. The van der Waals surface area contributed by atoms with E-state index in [1.807, 2.05) is 6.92 Å². The lowest BCUT2D eigenvalue weighted by atomic mass is 9.84. The van der Waals surface area contributed by atoms with Crippen LogP contribution in [-0.2, 0) is 6.42 Å². The molecule has 1 unspecified atom stereocenters. The largest absolute Gasteiger partial charge is 0.507 e. The molecule has 1 aromatic rings. The van der Waals surface area contributed by atoms with Gasteiger partial charge in [0.05, 0.1) is 0 Å². The first-order valence-corrected chi connectivity index (χ1v) is 12.5. The van der Waals surface area contributed by atoms with Gasteiger partial charge in [-0.2, -0.15) is 0 Å². The number of phenols is 1. The summed E-state index contributed by atoms with van der Waals surface area (Å²) in [6.07, 6.45) is 20.9. The molecule has 1 aromatic carbocycles. The van der Waals surface area contributed by atoms with E-state index in [1.165, 1.54) is 107 Å². The van der Waals surface area contributed by atoms with Crippen LogP contribution in [0.25, 0.3) is 0 Å². The summed E-state index contributed by atoms with van der Waals surface area (Å²) in [4.78, 5) is 0. The van der Waals surface area contributed by atoms with Crippen molar-refractivity contribution < 1.29 is 5.11 Å². The van der Waals surface area contributed by atoms with Gasteiger partial charge in [0.2, 0.25) is 0 Å². The molecule has 1 heteroatoms. The summed E-state index contributed by atoms with van der Waals surface area (Å²) in [5.74, 6) is 1.20. The van der Waals surface area contributed by atoms with Crippen molar-refractivity contribution in [3.05, 3.63) is 28.8 Å². The number of benzene rings is 1. The minimum Gasteiger partial charge on any atom is -0.507 e. The van der Waals surface area contributed by atoms with Crippen molar-refractivity contribution >= 4 is 0 Å². The van der Waals surface area contributed by atoms with Gasteiger partial charge in [-0.15, -0.1) is 0 Å². The van der Waals surface area contributed by atoms with Crippen molar-refractivity contribution in [3.8, 4) is 5.75 Å². The van der Waals surface area contributed by atoms with Crippen molar-refractivity contribution in [2.24, 2.45) is 0 Å². The van der Waals surface area contributed by atoms with E-state index in [9.17, 15) is 5.11 Å². The summed E-state index contributed by atoms with van der Waals surface area (Å²) in [5.41, 5.74) is 3.75.